The zero-order valence-electron chi connectivity index (χ0n) is 10.9. The van der Waals surface area contributed by atoms with E-state index in [0.29, 0.717) is 17.1 Å². The standard InChI is InChI=1S/C15H11N5/c1-11-7-8-13(10-16)14(9-11)20-18-15(17-19-20)12-5-3-2-4-6-12/h2-9H,1H3. The van der Waals surface area contributed by atoms with Gasteiger partial charge in [-0.25, -0.2) is 0 Å². The van der Waals surface area contributed by atoms with Crippen molar-refractivity contribution < 1.29 is 0 Å². The van der Waals surface area contributed by atoms with Crippen molar-refractivity contribution in [2.24, 2.45) is 0 Å². The van der Waals surface area contributed by atoms with E-state index >= 15 is 0 Å². The Hall–Kier alpha value is -3.00. The van der Waals surface area contributed by atoms with Gasteiger partial charge in [-0.15, -0.1) is 15.0 Å². The van der Waals surface area contributed by atoms with Gasteiger partial charge in [-0.3, -0.25) is 0 Å². The maximum absolute atomic E-state index is 9.16. The topological polar surface area (TPSA) is 67.4 Å². The van der Waals surface area contributed by atoms with E-state index in [-0.39, 0.29) is 0 Å². The van der Waals surface area contributed by atoms with Crippen LogP contribution in [0.5, 0.6) is 0 Å². The lowest BCUT2D eigenvalue weighted by molar-refractivity contribution is 0.718. The molecule has 3 rings (SSSR count). The smallest absolute Gasteiger partial charge is 0.192 e. The SMILES string of the molecule is Cc1ccc(C#N)c(-n2nnc(-c3ccccc3)n2)c1. The van der Waals surface area contributed by atoms with Crippen LogP contribution in [0.3, 0.4) is 0 Å². The average molecular weight is 261 g/mol. The van der Waals surface area contributed by atoms with Crippen LogP contribution in [0.1, 0.15) is 11.1 Å². The van der Waals surface area contributed by atoms with Gasteiger partial charge < -0.3 is 0 Å². The first-order chi connectivity index (χ1) is 9.78. The van der Waals surface area contributed by atoms with Gasteiger partial charge in [0.25, 0.3) is 0 Å². The summed E-state index contributed by atoms with van der Waals surface area (Å²) in [7, 11) is 0. The molecular weight excluding hydrogens is 250 g/mol. The molecule has 1 heterocycles. The summed E-state index contributed by atoms with van der Waals surface area (Å²) in [5.74, 6) is 0.538. The zero-order valence-corrected chi connectivity index (χ0v) is 10.9. The van der Waals surface area contributed by atoms with Crippen molar-refractivity contribution in [1.29, 1.82) is 5.26 Å². The van der Waals surface area contributed by atoms with Crippen LogP contribution < -0.4 is 0 Å². The number of nitriles is 1. The van der Waals surface area contributed by atoms with Gasteiger partial charge in [0.1, 0.15) is 11.8 Å². The van der Waals surface area contributed by atoms with Crippen molar-refractivity contribution in [2.45, 2.75) is 6.92 Å². The first-order valence-corrected chi connectivity index (χ1v) is 6.14. The Labute approximate surface area is 116 Å². The molecule has 0 saturated heterocycles. The molecule has 0 amide bonds. The number of aromatic nitrogens is 4. The first-order valence-electron chi connectivity index (χ1n) is 6.14. The fourth-order valence-electron chi connectivity index (χ4n) is 1.92. The summed E-state index contributed by atoms with van der Waals surface area (Å²) in [6.45, 7) is 1.96. The molecule has 0 atom stereocenters. The number of hydrogen-bond donors (Lipinski definition) is 0. The first kappa shape index (κ1) is 12.1. The van der Waals surface area contributed by atoms with Gasteiger partial charge in [0.15, 0.2) is 0 Å². The highest BCUT2D eigenvalue weighted by atomic mass is 15.6. The Balaban J connectivity index is 2.07. The summed E-state index contributed by atoms with van der Waals surface area (Å²) < 4.78 is 0. The molecule has 96 valence electrons. The summed E-state index contributed by atoms with van der Waals surface area (Å²) in [6, 6.07) is 17.3. The van der Waals surface area contributed by atoms with Crippen LogP contribution in [0.25, 0.3) is 17.1 Å². The van der Waals surface area contributed by atoms with Crippen LogP contribution in [-0.4, -0.2) is 20.2 Å². The van der Waals surface area contributed by atoms with Crippen LogP contribution >= 0.6 is 0 Å². The van der Waals surface area contributed by atoms with E-state index in [1.165, 1.54) is 4.80 Å². The van der Waals surface area contributed by atoms with E-state index < -0.39 is 0 Å². The third kappa shape index (κ3) is 2.15. The Morgan fingerprint density at radius 1 is 1.10 bits per heavy atom. The molecule has 0 bridgehead atoms. The highest BCUT2D eigenvalue weighted by molar-refractivity contribution is 5.54. The fraction of sp³-hybridized carbons (Fsp3) is 0.0667. The molecule has 3 aromatic rings. The minimum atomic E-state index is 0.521. The van der Waals surface area contributed by atoms with Gasteiger partial charge in [-0.05, 0) is 29.8 Å². The lowest BCUT2D eigenvalue weighted by Crippen LogP contribution is -2.02. The van der Waals surface area contributed by atoms with E-state index in [4.69, 9.17) is 5.26 Å². The molecule has 5 nitrogen and oxygen atoms in total. The second-order valence-corrected chi connectivity index (χ2v) is 4.40. The largest absolute Gasteiger partial charge is 0.205 e. The quantitative estimate of drug-likeness (QED) is 0.710. The monoisotopic (exact) mass is 261 g/mol. The Morgan fingerprint density at radius 3 is 2.65 bits per heavy atom. The molecule has 2 aromatic carbocycles. The minimum absolute atomic E-state index is 0.521. The van der Waals surface area contributed by atoms with Gasteiger partial charge in [0, 0.05) is 5.56 Å². The molecule has 0 unspecified atom stereocenters. The Morgan fingerprint density at radius 2 is 1.90 bits per heavy atom. The van der Waals surface area contributed by atoms with Gasteiger partial charge in [-0.1, -0.05) is 36.4 Å². The molecule has 0 aliphatic rings. The van der Waals surface area contributed by atoms with Crippen molar-refractivity contribution in [1.82, 2.24) is 20.2 Å². The third-order valence-electron chi connectivity index (χ3n) is 2.93. The number of hydrogen-bond acceptors (Lipinski definition) is 4. The van der Waals surface area contributed by atoms with Crippen LogP contribution in [0, 0.1) is 18.3 Å². The molecule has 1 aromatic heterocycles. The normalized spacial score (nSPS) is 10.2. The van der Waals surface area contributed by atoms with Gasteiger partial charge in [0.2, 0.25) is 5.82 Å². The molecule has 0 aliphatic carbocycles. The Bertz CT molecular complexity index is 784. The zero-order chi connectivity index (χ0) is 13.9. The highest BCUT2D eigenvalue weighted by Crippen LogP contribution is 2.17. The summed E-state index contributed by atoms with van der Waals surface area (Å²) >= 11 is 0. The van der Waals surface area contributed by atoms with E-state index in [2.05, 4.69) is 21.5 Å². The summed E-state index contributed by atoms with van der Waals surface area (Å²) in [5, 5.41) is 21.6. The second-order valence-electron chi connectivity index (χ2n) is 4.40. The Kier molecular flexibility index (Phi) is 2.98. The van der Waals surface area contributed by atoms with Crippen molar-refractivity contribution in [2.75, 3.05) is 0 Å². The predicted octanol–water partition coefficient (Wildman–Crippen LogP) is 2.51. The van der Waals surface area contributed by atoms with Crippen molar-refractivity contribution in [3.05, 3.63) is 59.7 Å². The predicted molar refractivity (Wildman–Crippen MR) is 74.0 cm³/mol. The lowest BCUT2D eigenvalue weighted by atomic mass is 10.1. The van der Waals surface area contributed by atoms with E-state index in [9.17, 15) is 0 Å². The number of nitrogens with zero attached hydrogens (tertiary/aromatic N) is 5. The van der Waals surface area contributed by atoms with E-state index in [0.717, 1.165) is 11.1 Å². The number of aryl methyl sites for hydroxylation is 1. The molecule has 5 heteroatoms. The molecule has 0 aliphatic heterocycles. The maximum Gasteiger partial charge on any atom is 0.205 e. The van der Waals surface area contributed by atoms with Crippen LogP contribution in [-0.2, 0) is 0 Å². The van der Waals surface area contributed by atoms with Crippen molar-refractivity contribution >= 4 is 0 Å². The fourth-order valence-corrected chi connectivity index (χ4v) is 1.92. The molecule has 0 N–H and O–H groups in total. The number of tetrazole rings is 1. The van der Waals surface area contributed by atoms with Crippen LogP contribution in [0.4, 0.5) is 0 Å². The van der Waals surface area contributed by atoms with Gasteiger partial charge in [-0.2, -0.15) is 5.26 Å². The van der Waals surface area contributed by atoms with Crippen LogP contribution in [0.2, 0.25) is 0 Å². The molecule has 0 saturated carbocycles. The van der Waals surface area contributed by atoms with E-state index in [1.54, 1.807) is 6.07 Å². The van der Waals surface area contributed by atoms with Crippen molar-refractivity contribution in [3.8, 4) is 23.1 Å². The molecular formula is C15H11N5. The third-order valence-corrected chi connectivity index (χ3v) is 2.93. The average Bonchev–Trinajstić information content (AvgIpc) is 2.98. The summed E-state index contributed by atoms with van der Waals surface area (Å²) in [4.78, 5) is 1.40. The number of rotatable bonds is 2. The molecule has 0 radical (unpaired) electrons. The van der Waals surface area contributed by atoms with Gasteiger partial charge >= 0.3 is 0 Å². The molecule has 20 heavy (non-hydrogen) atoms. The molecule has 0 spiro atoms. The summed E-state index contributed by atoms with van der Waals surface area (Å²) in [5.41, 5.74) is 3.09. The van der Waals surface area contributed by atoms with Crippen molar-refractivity contribution in [3.63, 3.8) is 0 Å². The van der Waals surface area contributed by atoms with E-state index in [1.807, 2.05) is 49.4 Å². The lowest BCUT2D eigenvalue weighted by Gasteiger charge is -2.02. The highest BCUT2D eigenvalue weighted by Gasteiger charge is 2.10. The minimum Gasteiger partial charge on any atom is -0.192 e. The molecule has 0 fully saturated rings. The number of benzene rings is 2. The second kappa shape index (κ2) is 4.94. The van der Waals surface area contributed by atoms with Gasteiger partial charge in [0.05, 0.1) is 5.56 Å². The summed E-state index contributed by atoms with van der Waals surface area (Å²) in [6.07, 6.45) is 0. The van der Waals surface area contributed by atoms with Crippen LogP contribution in [0.15, 0.2) is 48.5 Å². The maximum atomic E-state index is 9.16.